The van der Waals surface area contributed by atoms with Crippen LogP contribution in [0.25, 0.3) is 0 Å². The lowest BCUT2D eigenvalue weighted by atomic mass is 10.1. The van der Waals surface area contributed by atoms with E-state index in [-0.39, 0.29) is 18.4 Å². The molecule has 2 heterocycles. The van der Waals surface area contributed by atoms with Crippen LogP contribution in [0.1, 0.15) is 22.7 Å². The number of hydrogen-bond acceptors (Lipinski definition) is 5. The lowest BCUT2D eigenvalue weighted by Crippen LogP contribution is -2.50. The summed E-state index contributed by atoms with van der Waals surface area (Å²) >= 11 is 0. The second-order valence-corrected chi connectivity index (χ2v) is 8.71. The summed E-state index contributed by atoms with van der Waals surface area (Å²) in [6.07, 6.45) is 3.50. The van der Waals surface area contributed by atoms with Gasteiger partial charge in [-0.05, 0) is 66.9 Å². The van der Waals surface area contributed by atoms with Gasteiger partial charge in [-0.15, -0.1) is 0 Å². The third-order valence-corrected chi connectivity index (χ3v) is 6.53. The molecule has 0 radical (unpaired) electrons. The van der Waals surface area contributed by atoms with Crippen LogP contribution >= 0.6 is 0 Å². The van der Waals surface area contributed by atoms with Gasteiger partial charge < -0.3 is 15.5 Å². The number of aryl methyl sites for hydroxylation is 1. The van der Waals surface area contributed by atoms with Gasteiger partial charge >= 0.3 is 11.8 Å². The standard InChI is InChI=1S/C27H30FN5O2/c1-19-5-3-7-24(20(19)2)31-27(35)26(34)30-18-25(21-6-4-12-29-17-21)33-15-13-32(14-16-33)23-10-8-22(28)9-11-23/h3-12,17,25H,13-16,18H2,1-2H3,(H,30,34)(H,31,35)/t25-/m0/s1. The van der Waals surface area contributed by atoms with E-state index < -0.39 is 11.8 Å². The molecular weight excluding hydrogens is 445 g/mol. The van der Waals surface area contributed by atoms with Crippen molar-refractivity contribution in [1.82, 2.24) is 15.2 Å². The molecule has 0 spiro atoms. The summed E-state index contributed by atoms with van der Waals surface area (Å²) in [5, 5.41) is 5.52. The number of nitrogens with zero attached hydrogens (tertiary/aromatic N) is 3. The first-order chi connectivity index (χ1) is 16.9. The van der Waals surface area contributed by atoms with E-state index in [1.165, 1.54) is 12.1 Å². The number of halogens is 1. The van der Waals surface area contributed by atoms with E-state index in [0.717, 1.165) is 48.6 Å². The quantitative estimate of drug-likeness (QED) is 0.534. The number of rotatable bonds is 6. The Balaban J connectivity index is 1.39. The van der Waals surface area contributed by atoms with Crippen LogP contribution < -0.4 is 15.5 Å². The molecule has 8 heteroatoms. The van der Waals surface area contributed by atoms with Crippen LogP contribution in [0.5, 0.6) is 0 Å². The van der Waals surface area contributed by atoms with Crippen molar-refractivity contribution in [3.8, 4) is 0 Å². The fourth-order valence-corrected chi connectivity index (χ4v) is 4.31. The van der Waals surface area contributed by atoms with Gasteiger partial charge in [-0.1, -0.05) is 18.2 Å². The summed E-state index contributed by atoms with van der Waals surface area (Å²) in [5.41, 5.74) is 4.56. The lowest BCUT2D eigenvalue weighted by Gasteiger charge is -2.40. The smallest absolute Gasteiger partial charge is 0.313 e. The molecule has 3 aromatic rings. The van der Waals surface area contributed by atoms with Gasteiger partial charge in [0.05, 0.1) is 6.04 Å². The first-order valence-corrected chi connectivity index (χ1v) is 11.7. The number of pyridine rings is 1. The predicted molar refractivity (Wildman–Crippen MR) is 135 cm³/mol. The van der Waals surface area contributed by atoms with Gasteiger partial charge in [0.2, 0.25) is 0 Å². The van der Waals surface area contributed by atoms with Gasteiger partial charge in [0, 0.05) is 56.5 Å². The third kappa shape index (κ3) is 6.02. The van der Waals surface area contributed by atoms with E-state index in [9.17, 15) is 14.0 Å². The van der Waals surface area contributed by atoms with Crippen molar-refractivity contribution in [3.05, 3.63) is 89.5 Å². The molecule has 1 aromatic heterocycles. The Morgan fingerprint density at radius 2 is 1.71 bits per heavy atom. The fraction of sp³-hybridized carbons (Fsp3) is 0.296. The number of anilines is 2. The molecule has 4 rings (SSSR count). The second-order valence-electron chi connectivity index (χ2n) is 8.71. The van der Waals surface area contributed by atoms with Crippen LogP contribution in [0.2, 0.25) is 0 Å². The maximum absolute atomic E-state index is 13.3. The van der Waals surface area contributed by atoms with Crippen LogP contribution in [0.4, 0.5) is 15.8 Å². The van der Waals surface area contributed by atoms with Crippen LogP contribution in [0, 0.1) is 19.7 Å². The van der Waals surface area contributed by atoms with E-state index in [0.29, 0.717) is 5.69 Å². The maximum atomic E-state index is 13.3. The molecule has 1 fully saturated rings. The van der Waals surface area contributed by atoms with Crippen LogP contribution in [0.15, 0.2) is 67.0 Å². The van der Waals surface area contributed by atoms with Crippen LogP contribution in [-0.2, 0) is 9.59 Å². The van der Waals surface area contributed by atoms with Gasteiger partial charge in [-0.2, -0.15) is 0 Å². The topological polar surface area (TPSA) is 77.6 Å². The van der Waals surface area contributed by atoms with E-state index in [2.05, 4.69) is 25.4 Å². The van der Waals surface area contributed by atoms with Crippen molar-refractivity contribution in [2.24, 2.45) is 0 Å². The number of benzene rings is 2. The Hall–Kier alpha value is -3.78. The molecule has 2 aromatic carbocycles. The minimum absolute atomic E-state index is 0.128. The molecule has 0 saturated carbocycles. The molecule has 2 N–H and O–H groups in total. The number of aromatic nitrogens is 1. The minimum Gasteiger partial charge on any atom is -0.369 e. The Morgan fingerprint density at radius 3 is 2.40 bits per heavy atom. The highest BCUT2D eigenvalue weighted by atomic mass is 19.1. The first-order valence-electron chi connectivity index (χ1n) is 11.7. The highest BCUT2D eigenvalue weighted by molar-refractivity contribution is 6.39. The predicted octanol–water partition coefficient (Wildman–Crippen LogP) is 3.46. The zero-order valence-electron chi connectivity index (χ0n) is 20.0. The van der Waals surface area contributed by atoms with E-state index in [1.807, 2.05) is 38.1 Å². The Kier molecular flexibility index (Phi) is 7.72. The summed E-state index contributed by atoms with van der Waals surface area (Å²) in [5.74, 6) is -1.61. The van der Waals surface area contributed by atoms with E-state index in [1.54, 1.807) is 30.6 Å². The summed E-state index contributed by atoms with van der Waals surface area (Å²) in [6.45, 7) is 7.18. The van der Waals surface area contributed by atoms with Gasteiger partial charge in [0.1, 0.15) is 5.82 Å². The summed E-state index contributed by atoms with van der Waals surface area (Å²) < 4.78 is 13.3. The molecule has 0 aliphatic carbocycles. The molecule has 0 bridgehead atoms. The van der Waals surface area contributed by atoms with Crippen molar-refractivity contribution in [2.45, 2.75) is 19.9 Å². The van der Waals surface area contributed by atoms with Gasteiger partial charge in [0.25, 0.3) is 0 Å². The lowest BCUT2D eigenvalue weighted by molar-refractivity contribution is -0.136. The van der Waals surface area contributed by atoms with E-state index >= 15 is 0 Å². The number of carbonyl (C=O) groups excluding carboxylic acids is 2. The molecule has 35 heavy (non-hydrogen) atoms. The summed E-state index contributed by atoms with van der Waals surface area (Å²) in [6, 6.07) is 15.8. The fourth-order valence-electron chi connectivity index (χ4n) is 4.31. The molecular formula is C27H30FN5O2. The monoisotopic (exact) mass is 475 g/mol. The summed E-state index contributed by atoms with van der Waals surface area (Å²) in [7, 11) is 0. The number of carbonyl (C=O) groups is 2. The molecule has 1 aliphatic heterocycles. The Morgan fingerprint density at radius 1 is 0.971 bits per heavy atom. The van der Waals surface area contributed by atoms with Crippen molar-refractivity contribution < 1.29 is 14.0 Å². The molecule has 1 aliphatic rings. The number of piperazine rings is 1. The second kappa shape index (κ2) is 11.1. The highest BCUT2D eigenvalue weighted by Crippen LogP contribution is 2.24. The van der Waals surface area contributed by atoms with Crippen LogP contribution in [-0.4, -0.2) is 54.4 Å². The van der Waals surface area contributed by atoms with Crippen molar-refractivity contribution in [1.29, 1.82) is 0 Å². The number of nitrogens with one attached hydrogen (secondary N) is 2. The molecule has 1 atom stereocenters. The zero-order valence-corrected chi connectivity index (χ0v) is 20.0. The average molecular weight is 476 g/mol. The minimum atomic E-state index is -0.690. The molecule has 7 nitrogen and oxygen atoms in total. The maximum Gasteiger partial charge on any atom is 0.313 e. The number of amides is 2. The highest BCUT2D eigenvalue weighted by Gasteiger charge is 2.27. The van der Waals surface area contributed by atoms with Gasteiger partial charge in [0.15, 0.2) is 0 Å². The van der Waals surface area contributed by atoms with Gasteiger partial charge in [-0.3, -0.25) is 19.5 Å². The van der Waals surface area contributed by atoms with Crippen LogP contribution in [0.3, 0.4) is 0 Å². The molecule has 1 saturated heterocycles. The normalized spacial score (nSPS) is 14.9. The van der Waals surface area contributed by atoms with Crippen molar-refractivity contribution in [3.63, 3.8) is 0 Å². The Bertz CT molecular complexity index is 1160. The van der Waals surface area contributed by atoms with Crippen molar-refractivity contribution in [2.75, 3.05) is 42.9 Å². The molecule has 0 unspecified atom stereocenters. The summed E-state index contributed by atoms with van der Waals surface area (Å²) in [4.78, 5) is 33.9. The average Bonchev–Trinajstić information content (AvgIpc) is 2.88. The third-order valence-electron chi connectivity index (χ3n) is 6.53. The number of hydrogen-bond donors (Lipinski definition) is 2. The molecule has 2 amide bonds. The zero-order chi connectivity index (χ0) is 24.8. The molecule has 182 valence electrons. The Labute approximate surface area is 205 Å². The van der Waals surface area contributed by atoms with Gasteiger partial charge in [-0.25, -0.2) is 4.39 Å². The first kappa shape index (κ1) is 24.3. The SMILES string of the molecule is Cc1cccc(NC(=O)C(=O)NC[C@@H](c2cccnc2)N2CCN(c3ccc(F)cc3)CC2)c1C. The largest absolute Gasteiger partial charge is 0.369 e. The van der Waals surface area contributed by atoms with E-state index in [4.69, 9.17) is 0 Å². The van der Waals surface area contributed by atoms with Crippen molar-refractivity contribution >= 4 is 23.2 Å².